The molecule has 0 fully saturated rings. The van der Waals surface area contributed by atoms with Gasteiger partial charge in [-0.05, 0) is 55.2 Å². The summed E-state index contributed by atoms with van der Waals surface area (Å²) in [7, 11) is 0. The van der Waals surface area contributed by atoms with E-state index in [1.54, 1.807) is 0 Å². The summed E-state index contributed by atoms with van der Waals surface area (Å²) in [5.41, 5.74) is 3.81. The molecule has 0 aromatic heterocycles. The zero-order chi connectivity index (χ0) is 21.2. The Kier molecular flexibility index (Phi) is 8.33. The van der Waals surface area contributed by atoms with Crippen LogP contribution in [0.5, 0.6) is 11.5 Å². The Balaban J connectivity index is 1.43. The van der Waals surface area contributed by atoms with Crippen molar-refractivity contribution in [1.82, 2.24) is 5.32 Å². The molecule has 2 aromatic carbocycles. The monoisotopic (exact) mass is 409 g/mol. The largest absolute Gasteiger partial charge is 0.490 e. The van der Waals surface area contributed by atoms with Gasteiger partial charge in [-0.3, -0.25) is 4.79 Å². The summed E-state index contributed by atoms with van der Waals surface area (Å²) in [6, 6.07) is 16.5. The smallest absolute Gasteiger partial charge is 0.275 e. The maximum atomic E-state index is 12.4. The Hall–Kier alpha value is -2.79. The van der Waals surface area contributed by atoms with Crippen LogP contribution in [0.25, 0.3) is 5.57 Å². The Morgan fingerprint density at radius 2 is 1.80 bits per heavy atom. The van der Waals surface area contributed by atoms with Crippen LogP contribution in [0.1, 0.15) is 31.4 Å². The molecule has 30 heavy (non-hydrogen) atoms. The SMILES string of the molecule is CCOc1ccc(CCNC(=O)C[NH+]2CC=C(c3ccccc3)CC2)cc1OCC. The number of carbonyl (C=O) groups excluding carboxylic acids is 1. The Morgan fingerprint density at radius 1 is 1.03 bits per heavy atom. The summed E-state index contributed by atoms with van der Waals surface area (Å²) in [6.07, 6.45) is 4.06. The summed E-state index contributed by atoms with van der Waals surface area (Å²) >= 11 is 0. The minimum absolute atomic E-state index is 0.109. The molecule has 1 aliphatic heterocycles. The maximum Gasteiger partial charge on any atom is 0.275 e. The normalized spacial score (nSPS) is 15.9. The summed E-state index contributed by atoms with van der Waals surface area (Å²) in [5.74, 6) is 1.64. The third-order valence-corrected chi connectivity index (χ3v) is 5.28. The molecule has 0 spiro atoms. The maximum absolute atomic E-state index is 12.4. The molecule has 0 saturated carbocycles. The molecule has 5 nitrogen and oxygen atoms in total. The minimum Gasteiger partial charge on any atom is -0.490 e. The van der Waals surface area contributed by atoms with Gasteiger partial charge in [0.2, 0.25) is 0 Å². The number of quaternary nitrogens is 1. The van der Waals surface area contributed by atoms with Crippen molar-refractivity contribution in [3.63, 3.8) is 0 Å². The fourth-order valence-electron chi connectivity index (χ4n) is 3.74. The van der Waals surface area contributed by atoms with Gasteiger partial charge < -0.3 is 19.7 Å². The van der Waals surface area contributed by atoms with Crippen molar-refractivity contribution in [2.75, 3.05) is 39.4 Å². The second kappa shape index (κ2) is 11.4. The van der Waals surface area contributed by atoms with E-state index in [9.17, 15) is 4.79 Å². The van der Waals surface area contributed by atoms with E-state index in [0.717, 1.165) is 43.0 Å². The van der Waals surface area contributed by atoms with E-state index >= 15 is 0 Å². The number of hydrogen-bond acceptors (Lipinski definition) is 3. The van der Waals surface area contributed by atoms with Crippen LogP contribution in [0.15, 0.2) is 54.6 Å². The van der Waals surface area contributed by atoms with Gasteiger partial charge in [0.05, 0.1) is 26.3 Å². The van der Waals surface area contributed by atoms with Gasteiger partial charge in [0.1, 0.15) is 0 Å². The van der Waals surface area contributed by atoms with Crippen LogP contribution < -0.4 is 19.7 Å². The standard InChI is InChI=1S/C25H32N2O3/c1-3-29-23-11-10-20(18-24(23)30-4-2)12-15-26-25(28)19-27-16-13-22(14-17-27)21-8-6-5-7-9-21/h5-11,13,18H,3-4,12,14-17,19H2,1-2H3,(H,26,28)/p+1. The van der Waals surface area contributed by atoms with Gasteiger partial charge in [0.15, 0.2) is 18.0 Å². The van der Waals surface area contributed by atoms with E-state index in [1.165, 1.54) is 16.0 Å². The molecule has 0 radical (unpaired) electrons. The summed E-state index contributed by atoms with van der Waals surface area (Å²) in [5, 5.41) is 3.06. The van der Waals surface area contributed by atoms with Gasteiger partial charge in [-0.2, -0.15) is 0 Å². The van der Waals surface area contributed by atoms with Crippen LogP contribution in [-0.4, -0.2) is 45.3 Å². The molecular formula is C25H33N2O3+. The molecule has 1 unspecified atom stereocenters. The number of amides is 1. The Morgan fingerprint density at radius 3 is 2.50 bits per heavy atom. The highest BCUT2D eigenvalue weighted by Gasteiger charge is 2.18. The van der Waals surface area contributed by atoms with Gasteiger partial charge in [-0.25, -0.2) is 0 Å². The Labute approximate surface area is 179 Å². The zero-order valence-corrected chi connectivity index (χ0v) is 18.1. The fourth-order valence-corrected chi connectivity index (χ4v) is 3.74. The van der Waals surface area contributed by atoms with Crippen molar-refractivity contribution in [2.45, 2.75) is 26.7 Å². The number of ether oxygens (including phenoxy) is 2. The van der Waals surface area contributed by atoms with Crippen LogP contribution in [0.2, 0.25) is 0 Å². The lowest BCUT2D eigenvalue weighted by Gasteiger charge is -2.23. The molecule has 1 heterocycles. The van der Waals surface area contributed by atoms with E-state index in [2.05, 4.69) is 35.7 Å². The van der Waals surface area contributed by atoms with Gasteiger partial charge in [0.25, 0.3) is 5.91 Å². The van der Waals surface area contributed by atoms with Crippen molar-refractivity contribution in [2.24, 2.45) is 0 Å². The summed E-state index contributed by atoms with van der Waals surface area (Å²) in [6.45, 7) is 8.16. The van der Waals surface area contributed by atoms with Crippen molar-refractivity contribution in [1.29, 1.82) is 0 Å². The molecule has 1 amide bonds. The molecule has 2 N–H and O–H groups in total. The molecule has 0 bridgehead atoms. The summed E-state index contributed by atoms with van der Waals surface area (Å²) < 4.78 is 11.3. The predicted molar refractivity (Wildman–Crippen MR) is 120 cm³/mol. The first-order chi connectivity index (χ1) is 14.7. The highest BCUT2D eigenvalue weighted by atomic mass is 16.5. The van der Waals surface area contributed by atoms with Gasteiger partial charge in [-0.15, -0.1) is 0 Å². The van der Waals surface area contributed by atoms with Crippen LogP contribution in [0.3, 0.4) is 0 Å². The summed E-state index contributed by atoms with van der Waals surface area (Å²) in [4.78, 5) is 13.7. The molecule has 2 aromatic rings. The third-order valence-electron chi connectivity index (χ3n) is 5.28. The fraction of sp³-hybridized carbons (Fsp3) is 0.400. The van der Waals surface area contributed by atoms with E-state index in [-0.39, 0.29) is 5.91 Å². The van der Waals surface area contributed by atoms with Crippen molar-refractivity contribution < 1.29 is 19.2 Å². The quantitative estimate of drug-likeness (QED) is 0.634. The molecule has 0 saturated heterocycles. The number of carbonyl (C=O) groups is 1. The average molecular weight is 410 g/mol. The van der Waals surface area contributed by atoms with E-state index < -0.39 is 0 Å². The van der Waals surface area contributed by atoms with Crippen molar-refractivity contribution in [3.8, 4) is 11.5 Å². The lowest BCUT2D eigenvalue weighted by atomic mass is 10.00. The average Bonchev–Trinajstić information content (AvgIpc) is 2.77. The molecule has 3 rings (SSSR count). The van der Waals surface area contributed by atoms with Crippen LogP contribution in [-0.2, 0) is 11.2 Å². The first-order valence-corrected chi connectivity index (χ1v) is 10.9. The van der Waals surface area contributed by atoms with Gasteiger partial charge >= 0.3 is 0 Å². The van der Waals surface area contributed by atoms with Crippen molar-refractivity contribution >= 4 is 11.5 Å². The van der Waals surface area contributed by atoms with E-state index in [4.69, 9.17) is 9.47 Å². The van der Waals surface area contributed by atoms with Gasteiger partial charge in [0, 0.05) is 13.0 Å². The highest BCUT2D eigenvalue weighted by molar-refractivity contribution is 5.77. The molecule has 5 heteroatoms. The zero-order valence-electron chi connectivity index (χ0n) is 18.1. The van der Waals surface area contributed by atoms with Crippen molar-refractivity contribution in [3.05, 3.63) is 65.7 Å². The van der Waals surface area contributed by atoms with Crippen LogP contribution in [0, 0.1) is 0 Å². The molecule has 0 aliphatic carbocycles. The molecule has 1 atom stereocenters. The minimum atomic E-state index is 0.109. The number of nitrogens with one attached hydrogen (secondary N) is 2. The van der Waals surface area contributed by atoms with Gasteiger partial charge in [-0.1, -0.05) is 36.4 Å². The molecular weight excluding hydrogens is 376 g/mol. The third kappa shape index (κ3) is 6.36. The number of hydrogen-bond donors (Lipinski definition) is 2. The lowest BCUT2D eigenvalue weighted by molar-refractivity contribution is -0.886. The molecule has 1 aliphatic rings. The molecule has 160 valence electrons. The topological polar surface area (TPSA) is 52.0 Å². The lowest BCUT2D eigenvalue weighted by Crippen LogP contribution is -3.13. The predicted octanol–water partition coefficient (Wildman–Crippen LogP) is 2.51. The van der Waals surface area contributed by atoms with Crippen LogP contribution in [0.4, 0.5) is 0 Å². The van der Waals surface area contributed by atoms with E-state index in [0.29, 0.717) is 26.3 Å². The van der Waals surface area contributed by atoms with Crippen LogP contribution >= 0.6 is 0 Å². The highest BCUT2D eigenvalue weighted by Crippen LogP contribution is 2.28. The number of benzene rings is 2. The number of rotatable bonds is 10. The second-order valence-electron chi connectivity index (χ2n) is 7.47. The van der Waals surface area contributed by atoms with E-state index in [1.807, 2.05) is 38.1 Å². The Bertz CT molecular complexity index is 849. The first kappa shape index (κ1) is 21.9. The first-order valence-electron chi connectivity index (χ1n) is 10.9. The second-order valence-corrected chi connectivity index (χ2v) is 7.47.